The van der Waals surface area contributed by atoms with Gasteiger partial charge in [-0.2, -0.15) is 5.26 Å². The molecular weight excluding hydrogens is 223 g/mol. The van der Waals surface area contributed by atoms with Gasteiger partial charge in [0.15, 0.2) is 0 Å². The molecule has 17 heavy (non-hydrogen) atoms. The van der Waals surface area contributed by atoms with Crippen molar-refractivity contribution in [3.63, 3.8) is 0 Å². The molecule has 1 aromatic rings. The van der Waals surface area contributed by atoms with Gasteiger partial charge in [0, 0.05) is 13.0 Å². The summed E-state index contributed by atoms with van der Waals surface area (Å²) in [5.74, 6) is -1.48. The van der Waals surface area contributed by atoms with Crippen LogP contribution in [0.1, 0.15) is 18.9 Å². The summed E-state index contributed by atoms with van der Waals surface area (Å²) in [4.78, 5) is 10.4. The Morgan fingerprint density at radius 1 is 1.65 bits per heavy atom. The van der Waals surface area contributed by atoms with E-state index in [0.29, 0.717) is 6.54 Å². The van der Waals surface area contributed by atoms with E-state index < -0.39 is 11.8 Å². The zero-order valence-electron chi connectivity index (χ0n) is 9.40. The molecule has 0 spiro atoms. The van der Waals surface area contributed by atoms with Crippen molar-refractivity contribution in [1.82, 2.24) is 0 Å². The molecule has 1 aromatic carbocycles. The highest BCUT2D eigenvalue weighted by Gasteiger charge is 2.09. The lowest BCUT2D eigenvalue weighted by Gasteiger charge is -2.12. The maximum atomic E-state index is 13.4. The van der Waals surface area contributed by atoms with Crippen LogP contribution in [0, 0.1) is 23.1 Å². The molecule has 90 valence electrons. The van der Waals surface area contributed by atoms with Crippen molar-refractivity contribution in [1.29, 1.82) is 5.26 Å². The van der Waals surface area contributed by atoms with E-state index in [0.717, 1.165) is 6.07 Å². The lowest BCUT2D eigenvalue weighted by Crippen LogP contribution is -2.15. The number of benzene rings is 1. The molecule has 0 saturated heterocycles. The Labute approximate surface area is 98.7 Å². The first-order valence-corrected chi connectivity index (χ1v) is 5.18. The maximum absolute atomic E-state index is 13.4. The molecule has 1 unspecified atom stereocenters. The number of carboxylic acids is 1. The van der Waals surface area contributed by atoms with Crippen molar-refractivity contribution in [2.45, 2.75) is 13.3 Å². The second-order valence-electron chi connectivity index (χ2n) is 3.89. The van der Waals surface area contributed by atoms with Gasteiger partial charge in [0.1, 0.15) is 5.82 Å². The molecule has 0 amide bonds. The number of nitriles is 1. The molecule has 0 heterocycles. The molecule has 0 aliphatic heterocycles. The Hall–Kier alpha value is -2.09. The summed E-state index contributed by atoms with van der Waals surface area (Å²) < 4.78 is 13.4. The minimum atomic E-state index is -0.875. The normalized spacial score (nSPS) is 11.6. The third kappa shape index (κ3) is 4.11. The number of aliphatic carboxylic acids is 1. The number of carboxylic acid groups (broad SMARTS) is 1. The molecule has 2 N–H and O–H groups in total. The summed E-state index contributed by atoms with van der Waals surface area (Å²) in [6.07, 6.45) is 0.0326. The van der Waals surface area contributed by atoms with E-state index in [2.05, 4.69) is 5.32 Å². The van der Waals surface area contributed by atoms with Crippen LogP contribution in [-0.4, -0.2) is 17.6 Å². The van der Waals surface area contributed by atoms with Crippen LogP contribution < -0.4 is 5.32 Å². The monoisotopic (exact) mass is 236 g/mol. The third-order valence-electron chi connectivity index (χ3n) is 2.26. The highest BCUT2D eigenvalue weighted by molar-refractivity contribution is 5.67. The van der Waals surface area contributed by atoms with Gasteiger partial charge in [-0.1, -0.05) is 6.92 Å². The first-order valence-electron chi connectivity index (χ1n) is 5.18. The molecule has 0 fully saturated rings. The molecule has 0 aliphatic carbocycles. The standard InChI is InChI=1S/C12H13FN2O2/c1-8(4-12(16)17)7-15-11-3-2-9(6-14)5-10(11)13/h2-3,5,8,15H,4,7H2,1H3,(H,16,17). The van der Waals surface area contributed by atoms with E-state index >= 15 is 0 Å². The molecule has 0 bridgehead atoms. The highest BCUT2D eigenvalue weighted by Crippen LogP contribution is 2.16. The summed E-state index contributed by atoms with van der Waals surface area (Å²) >= 11 is 0. The topological polar surface area (TPSA) is 73.1 Å². The van der Waals surface area contributed by atoms with Crippen LogP contribution in [0.4, 0.5) is 10.1 Å². The lowest BCUT2D eigenvalue weighted by molar-refractivity contribution is -0.137. The molecule has 1 rings (SSSR count). The van der Waals surface area contributed by atoms with Gasteiger partial charge in [-0.3, -0.25) is 4.79 Å². The SMILES string of the molecule is CC(CNc1ccc(C#N)cc1F)CC(=O)O. The van der Waals surface area contributed by atoms with Crippen LogP contribution in [0.2, 0.25) is 0 Å². The van der Waals surface area contributed by atoms with E-state index in [1.165, 1.54) is 12.1 Å². The van der Waals surface area contributed by atoms with Gasteiger partial charge in [-0.25, -0.2) is 4.39 Å². The van der Waals surface area contributed by atoms with Crippen molar-refractivity contribution < 1.29 is 14.3 Å². The average Bonchev–Trinajstić information content (AvgIpc) is 2.26. The Bertz CT molecular complexity index is 454. The number of nitrogens with one attached hydrogen (secondary N) is 1. The van der Waals surface area contributed by atoms with Crippen LogP contribution in [0.3, 0.4) is 0 Å². The molecule has 0 aliphatic rings. The molecule has 1 atom stereocenters. The van der Waals surface area contributed by atoms with Crippen LogP contribution in [-0.2, 0) is 4.79 Å². The van der Waals surface area contributed by atoms with Crippen molar-refractivity contribution in [2.24, 2.45) is 5.92 Å². The Morgan fingerprint density at radius 3 is 2.88 bits per heavy atom. The van der Waals surface area contributed by atoms with Crippen LogP contribution in [0.5, 0.6) is 0 Å². The van der Waals surface area contributed by atoms with Gasteiger partial charge in [0.05, 0.1) is 17.3 Å². The number of hydrogen-bond donors (Lipinski definition) is 2. The number of rotatable bonds is 5. The Morgan fingerprint density at radius 2 is 2.35 bits per heavy atom. The minimum Gasteiger partial charge on any atom is -0.481 e. The van der Waals surface area contributed by atoms with E-state index in [9.17, 15) is 9.18 Å². The number of halogens is 1. The fourth-order valence-electron chi connectivity index (χ4n) is 1.38. The quantitative estimate of drug-likeness (QED) is 0.822. The van der Waals surface area contributed by atoms with Gasteiger partial charge < -0.3 is 10.4 Å². The van der Waals surface area contributed by atoms with Gasteiger partial charge in [-0.05, 0) is 24.1 Å². The fraction of sp³-hybridized carbons (Fsp3) is 0.333. The molecule has 0 radical (unpaired) electrons. The fourth-order valence-corrected chi connectivity index (χ4v) is 1.38. The average molecular weight is 236 g/mol. The zero-order valence-corrected chi connectivity index (χ0v) is 9.40. The predicted molar refractivity (Wildman–Crippen MR) is 61.0 cm³/mol. The van der Waals surface area contributed by atoms with Gasteiger partial charge in [0.2, 0.25) is 0 Å². The summed E-state index contributed by atoms with van der Waals surface area (Å²) in [7, 11) is 0. The van der Waals surface area contributed by atoms with Crippen LogP contribution >= 0.6 is 0 Å². The molecule has 4 nitrogen and oxygen atoms in total. The minimum absolute atomic E-state index is 0.0326. The highest BCUT2D eigenvalue weighted by atomic mass is 19.1. The van der Waals surface area contributed by atoms with Gasteiger partial charge >= 0.3 is 5.97 Å². The van der Waals surface area contributed by atoms with E-state index in [-0.39, 0.29) is 23.6 Å². The van der Waals surface area contributed by atoms with Crippen molar-refractivity contribution in [3.05, 3.63) is 29.6 Å². The lowest BCUT2D eigenvalue weighted by atomic mass is 10.1. The van der Waals surface area contributed by atoms with Crippen LogP contribution in [0.25, 0.3) is 0 Å². The first-order chi connectivity index (χ1) is 8.02. The van der Waals surface area contributed by atoms with Gasteiger partial charge in [0.25, 0.3) is 0 Å². The number of nitrogens with zero attached hydrogens (tertiary/aromatic N) is 1. The van der Waals surface area contributed by atoms with Crippen molar-refractivity contribution >= 4 is 11.7 Å². The van der Waals surface area contributed by atoms with Crippen molar-refractivity contribution in [2.75, 3.05) is 11.9 Å². The maximum Gasteiger partial charge on any atom is 0.303 e. The smallest absolute Gasteiger partial charge is 0.303 e. The predicted octanol–water partition coefficient (Wildman–Crippen LogP) is 2.22. The molecule has 0 saturated carbocycles. The Kier molecular flexibility index (Phi) is 4.46. The summed E-state index contributed by atoms with van der Waals surface area (Å²) in [5, 5.41) is 20.0. The second-order valence-corrected chi connectivity index (χ2v) is 3.89. The van der Waals surface area contributed by atoms with Crippen LogP contribution in [0.15, 0.2) is 18.2 Å². The van der Waals surface area contributed by atoms with Crippen molar-refractivity contribution in [3.8, 4) is 6.07 Å². The number of hydrogen-bond acceptors (Lipinski definition) is 3. The Balaban J connectivity index is 2.58. The molecule has 5 heteroatoms. The zero-order chi connectivity index (χ0) is 12.8. The van der Waals surface area contributed by atoms with E-state index in [4.69, 9.17) is 10.4 Å². The summed E-state index contributed by atoms with van der Waals surface area (Å²) in [6, 6.07) is 5.96. The summed E-state index contributed by atoms with van der Waals surface area (Å²) in [6.45, 7) is 2.14. The number of anilines is 1. The van der Waals surface area contributed by atoms with E-state index in [1.807, 2.05) is 6.07 Å². The molecular formula is C12H13FN2O2. The largest absolute Gasteiger partial charge is 0.481 e. The number of carbonyl (C=O) groups is 1. The molecule has 0 aromatic heterocycles. The summed E-state index contributed by atoms with van der Waals surface area (Å²) in [5.41, 5.74) is 0.535. The first kappa shape index (κ1) is 13.0. The van der Waals surface area contributed by atoms with Gasteiger partial charge in [-0.15, -0.1) is 0 Å². The van der Waals surface area contributed by atoms with E-state index in [1.54, 1.807) is 6.92 Å². The third-order valence-corrected chi connectivity index (χ3v) is 2.26. The second kappa shape index (κ2) is 5.85.